The third-order valence-electron chi connectivity index (χ3n) is 2.40. The Kier molecular flexibility index (Phi) is 2.68. The van der Waals surface area contributed by atoms with Crippen LogP contribution in [-0.2, 0) is 4.79 Å². The van der Waals surface area contributed by atoms with Crippen molar-refractivity contribution in [3.05, 3.63) is 29.8 Å². The van der Waals surface area contributed by atoms with Gasteiger partial charge in [0.25, 0.3) is 0 Å². The quantitative estimate of drug-likeness (QED) is 0.747. The lowest BCUT2D eigenvalue weighted by molar-refractivity contribution is -0.122. The second-order valence-electron chi connectivity index (χ2n) is 3.67. The first-order valence-corrected chi connectivity index (χ1v) is 4.95. The summed E-state index contributed by atoms with van der Waals surface area (Å²) in [6.07, 6.45) is 2.02. The molecule has 1 aliphatic rings. The first-order chi connectivity index (χ1) is 7.29. The summed E-state index contributed by atoms with van der Waals surface area (Å²) in [5, 5.41) is 8.58. The largest absolute Gasteiger partial charge is 0.486 e. The molecule has 0 spiro atoms. The van der Waals surface area contributed by atoms with Crippen LogP contribution in [0.15, 0.2) is 24.3 Å². The van der Waals surface area contributed by atoms with Gasteiger partial charge in [0.05, 0.1) is 11.6 Å². The van der Waals surface area contributed by atoms with E-state index in [0.29, 0.717) is 11.3 Å². The van der Waals surface area contributed by atoms with Gasteiger partial charge in [-0.15, -0.1) is 0 Å². The second kappa shape index (κ2) is 4.14. The number of nitrogens with zero attached hydrogens (tertiary/aromatic N) is 1. The molecular formula is C12H11NO2. The van der Waals surface area contributed by atoms with Gasteiger partial charge in [0, 0.05) is 5.92 Å². The Hall–Kier alpha value is -1.82. The van der Waals surface area contributed by atoms with Gasteiger partial charge in [-0.25, -0.2) is 0 Å². The first-order valence-electron chi connectivity index (χ1n) is 4.95. The van der Waals surface area contributed by atoms with Crippen LogP contribution >= 0.6 is 0 Å². The molecule has 76 valence electrons. The molecule has 0 aliphatic heterocycles. The lowest BCUT2D eigenvalue weighted by atomic mass is 10.2. The normalized spacial score (nSPS) is 14.3. The molecule has 0 N–H and O–H groups in total. The maximum atomic E-state index is 11.3. The maximum Gasteiger partial charge on any atom is 0.173 e. The number of nitriles is 1. The average molecular weight is 201 g/mol. The molecular weight excluding hydrogens is 190 g/mol. The number of carbonyl (C=O) groups excluding carboxylic acids is 1. The number of ketones is 1. The number of benzene rings is 1. The molecule has 0 heterocycles. The van der Waals surface area contributed by atoms with Gasteiger partial charge < -0.3 is 4.74 Å². The molecule has 15 heavy (non-hydrogen) atoms. The molecule has 0 radical (unpaired) electrons. The number of rotatable bonds is 4. The fraction of sp³-hybridized carbons (Fsp3) is 0.333. The van der Waals surface area contributed by atoms with E-state index in [1.165, 1.54) is 0 Å². The van der Waals surface area contributed by atoms with E-state index < -0.39 is 0 Å². The third-order valence-corrected chi connectivity index (χ3v) is 2.40. The summed E-state index contributed by atoms with van der Waals surface area (Å²) in [6, 6.07) is 8.79. The van der Waals surface area contributed by atoms with Crippen molar-refractivity contribution in [2.24, 2.45) is 5.92 Å². The van der Waals surface area contributed by atoms with Gasteiger partial charge in [-0.1, -0.05) is 0 Å². The SMILES string of the molecule is N#Cc1ccc(OCC(=O)C2CC2)cc1. The highest BCUT2D eigenvalue weighted by molar-refractivity contribution is 5.84. The Balaban J connectivity index is 1.87. The predicted octanol–water partition coefficient (Wildman–Crippen LogP) is 1.92. The molecule has 1 aromatic carbocycles. The molecule has 0 bridgehead atoms. The lowest BCUT2D eigenvalue weighted by Crippen LogP contribution is -2.12. The van der Waals surface area contributed by atoms with Gasteiger partial charge in [0.1, 0.15) is 12.4 Å². The fourth-order valence-corrected chi connectivity index (χ4v) is 1.30. The molecule has 3 nitrogen and oxygen atoms in total. The van der Waals surface area contributed by atoms with Crippen LogP contribution in [0.25, 0.3) is 0 Å². The van der Waals surface area contributed by atoms with Crippen molar-refractivity contribution in [3.8, 4) is 11.8 Å². The molecule has 0 saturated heterocycles. The zero-order valence-corrected chi connectivity index (χ0v) is 8.27. The van der Waals surface area contributed by atoms with Crippen molar-refractivity contribution in [1.82, 2.24) is 0 Å². The van der Waals surface area contributed by atoms with Gasteiger partial charge >= 0.3 is 0 Å². The van der Waals surface area contributed by atoms with Crippen molar-refractivity contribution in [2.75, 3.05) is 6.61 Å². The maximum absolute atomic E-state index is 11.3. The van der Waals surface area contributed by atoms with E-state index in [4.69, 9.17) is 10.00 Å². The molecule has 1 fully saturated rings. The Bertz CT molecular complexity index is 399. The monoisotopic (exact) mass is 201 g/mol. The Morgan fingerprint density at radius 1 is 1.40 bits per heavy atom. The third kappa shape index (κ3) is 2.57. The summed E-state index contributed by atoms with van der Waals surface area (Å²) in [6.45, 7) is 0.149. The smallest absolute Gasteiger partial charge is 0.173 e. The Morgan fingerprint density at radius 3 is 2.60 bits per heavy atom. The Labute approximate surface area is 88.3 Å². The average Bonchev–Trinajstić information content (AvgIpc) is 3.10. The van der Waals surface area contributed by atoms with Crippen molar-refractivity contribution >= 4 is 5.78 Å². The topological polar surface area (TPSA) is 50.1 Å². The van der Waals surface area contributed by atoms with E-state index in [9.17, 15) is 4.79 Å². The molecule has 1 aromatic rings. The summed E-state index contributed by atoms with van der Waals surface area (Å²) < 4.78 is 5.31. The number of ether oxygens (including phenoxy) is 1. The van der Waals surface area contributed by atoms with E-state index in [1.54, 1.807) is 24.3 Å². The van der Waals surface area contributed by atoms with Gasteiger partial charge in [-0.2, -0.15) is 5.26 Å². The molecule has 0 unspecified atom stereocenters. The highest BCUT2D eigenvalue weighted by atomic mass is 16.5. The minimum Gasteiger partial charge on any atom is -0.486 e. The molecule has 0 aromatic heterocycles. The van der Waals surface area contributed by atoms with Crippen LogP contribution in [0.5, 0.6) is 5.75 Å². The standard InChI is InChI=1S/C12H11NO2/c13-7-9-1-5-11(6-2-9)15-8-12(14)10-3-4-10/h1-2,5-6,10H,3-4,8H2. The van der Waals surface area contributed by atoms with Crippen LogP contribution in [0.4, 0.5) is 0 Å². The zero-order valence-electron chi connectivity index (χ0n) is 8.27. The number of Topliss-reactive ketones (excluding diaryl/α,β-unsaturated/α-hetero) is 1. The van der Waals surface area contributed by atoms with Crippen LogP contribution in [0, 0.1) is 17.2 Å². The van der Waals surface area contributed by atoms with Crippen LogP contribution in [-0.4, -0.2) is 12.4 Å². The second-order valence-corrected chi connectivity index (χ2v) is 3.67. The molecule has 1 aliphatic carbocycles. The molecule has 2 rings (SSSR count). The van der Waals surface area contributed by atoms with Crippen LogP contribution in [0.3, 0.4) is 0 Å². The fourth-order valence-electron chi connectivity index (χ4n) is 1.30. The molecule has 0 atom stereocenters. The molecule has 3 heteroatoms. The summed E-state index contributed by atoms with van der Waals surface area (Å²) in [7, 11) is 0. The van der Waals surface area contributed by atoms with Gasteiger partial charge in [-0.3, -0.25) is 4.79 Å². The summed E-state index contributed by atoms with van der Waals surface area (Å²) >= 11 is 0. The minimum atomic E-state index is 0.149. The summed E-state index contributed by atoms with van der Waals surface area (Å²) in [4.78, 5) is 11.3. The molecule has 1 saturated carbocycles. The Morgan fingerprint density at radius 2 is 2.07 bits per heavy atom. The number of hydrogen-bond acceptors (Lipinski definition) is 3. The van der Waals surface area contributed by atoms with Crippen molar-refractivity contribution < 1.29 is 9.53 Å². The number of carbonyl (C=O) groups is 1. The zero-order chi connectivity index (χ0) is 10.7. The van der Waals surface area contributed by atoms with E-state index in [-0.39, 0.29) is 18.3 Å². The van der Waals surface area contributed by atoms with E-state index in [2.05, 4.69) is 0 Å². The van der Waals surface area contributed by atoms with E-state index >= 15 is 0 Å². The highest BCUT2D eigenvalue weighted by Crippen LogP contribution is 2.29. The van der Waals surface area contributed by atoms with Gasteiger partial charge in [0.2, 0.25) is 0 Å². The van der Waals surface area contributed by atoms with Crippen LogP contribution in [0.1, 0.15) is 18.4 Å². The first kappa shape index (κ1) is 9.72. The lowest BCUT2D eigenvalue weighted by Gasteiger charge is -2.04. The summed E-state index contributed by atoms with van der Waals surface area (Å²) in [5.41, 5.74) is 0.593. The summed E-state index contributed by atoms with van der Waals surface area (Å²) in [5.74, 6) is 1.06. The highest BCUT2D eigenvalue weighted by Gasteiger charge is 2.29. The van der Waals surface area contributed by atoms with Crippen LogP contribution in [0.2, 0.25) is 0 Å². The van der Waals surface area contributed by atoms with Crippen molar-refractivity contribution in [1.29, 1.82) is 5.26 Å². The number of hydrogen-bond donors (Lipinski definition) is 0. The minimum absolute atomic E-state index is 0.149. The van der Waals surface area contributed by atoms with Gasteiger partial charge in [0.15, 0.2) is 5.78 Å². The van der Waals surface area contributed by atoms with Crippen molar-refractivity contribution in [2.45, 2.75) is 12.8 Å². The van der Waals surface area contributed by atoms with E-state index in [1.807, 2.05) is 6.07 Å². The predicted molar refractivity (Wildman–Crippen MR) is 54.4 cm³/mol. The van der Waals surface area contributed by atoms with Crippen molar-refractivity contribution in [3.63, 3.8) is 0 Å². The van der Waals surface area contributed by atoms with Gasteiger partial charge in [-0.05, 0) is 37.1 Å². The van der Waals surface area contributed by atoms with Crippen LogP contribution < -0.4 is 4.74 Å². The molecule has 0 amide bonds. The van der Waals surface area contributed by atoms with E-state index in [0.717, 1.165) is 12.8 Å².